The number of rotatable bonds is 6. The van der Waals surface area contributed by atoms with Gasteiger partial charge in [-0.1, -0.05) is 6.07 Å². The molecule has 0 radical (unpaired) electrons. The Morgan fingerprint density at radius 1 is 1.60 bits per heavy atom. The molecule has 1 aliphatic heterocycles. The summed E-state index contributed by atoms with van der Waals surface area (Å²) in [7, 11) is 1.63. The van der Waals surface area contributed by atoms with Crippen LogP contribution in [-0.4, -0.2) is 61.9 Å². The van der Waals surface area contributed by atoms with Crippen LogP contribution in [0.3, 0.4) is 0 Å². The van der Waals surface area contributed by atoms with Crippen molar-refractivity contribution >= 4 is 5.91 Å². The van der Waals surface area contributed by atoms with Gasteiger partial charge in [-0.25, -0.2) is 0 Å². The predicted octanol–water partition coefficient (Wildman–Crippen LogP) is 0.0450. The number of carbonyl (C=O) groups excluding carboxylic acids is 1. The summed E-state index contributed by atoms with van der Waals surface area (Å²) < 4.78 is 10.4. The molecule has 0 aromatic carbocycles. The lowest BCUT2D eigenvalue weighted by Gasteiger charge is -2.29. The smallest absolute Gasteiger partial charge is 0.242 e. The SMILES string of the molecule is COCCN(Cc1ccccn1)C(=O)C1COCCN1. The van der Waals surface area contributed by atoms with E-state index in [-0.39, 0.29) is 11.9 Å². The number of ether oxygens (including phenoxy) is 2. The van der Waals surface area contributed by atoms with Gasteiger partial charge in [-0.05, 0) is 12.1 Å². The molecule has 1 saturated heterocycles. The molecule has 2 rings (SSSR count). The monoisotopic (exact) mass is 279 g/mol. The second-order valence-corrected chi connectivity index (χ2v) is 4.66. The number of morpholine rings is 1. The van der Waals surface area contributed by atoms with E-state index in [1.807, 2.05) is 18.2 Å². The minimum absolute atomic E-state index is 0.0346. The van der Waals surface area contributed by atoms with Crippen molar-refractivity contribution < 1.29 is 14.3 Å². The molecule has 6 heteroatoms. The summed E-state index contributed by atoms with van der Waals surface area (Å²) in [4.78, 5) is 18.5. The second-order valence-electron chi connectivity index (χ2n) is 4.66. The average molecular weight is 279 g/mol. The molecule has 0 aliphatic carbocycles. The highest BCUT2D eigenvalue weighted by molar-refractivity contribution is 5.82. The van der Waals surface area contributed by atoms with Crippen molar-refractivity contribution in [2.75, 3.05) is 40.0 Å². The first kappa shape index (κ1) is 14.9. The Bertz CT molecular complexity index is 407. The highest BCUT2D eigenvalue weighted by atomic mass is 16.5. The number of pyridine rings is 1. The Hall–Kier alpha value is -1.50. The molecular formula is C14H21N3O3. The first-order chi connectivity index (χ1) is 9.81. The Balaban J connectivity index is 2.00. The van der Waals surface area contributed by atoms with Crippen LogP contribution in [0, 0.1) is 0 Å². The fourth-order valence-electron chi connectivity index (χ4n) is 2.10. The van der Waals surface area contributed by atoms with Gasteiger partial charge in [0, 0.05) is 26.4 Å². The average Bonchev–Trinajstić information content (AvgIpc) is 2.52. The third-order valence-corrected chi connectivity index (χ3v) is 3.18. The van der Waals surface area contributed by atoms with E-state index in [9.17, 15) is 4.79 Å². The first-order valence-corrected chi connectivity index (χ1v) is 6.80. The van der Waals surface area contributed by atoms with Gasteiger partial charge in [0.05, 0.1) is 32.1 Å². The minimum Gasteiger partial charge on any atom is -0.383 e. The molecule has 1 atom stereocenters. The Labute approximate surface area is 119 Å². The number of carbonyl (C=O) groups is 1. The predicted molar refractivity (Wildman–Crippen MR) is 74.1 cm³/mol. The molecule has 0 saturated carbocycles. The lowest BCUT2D eigenvalue weighted by molar-refractivity contribution is -0.137. The van der Waals surface area contributed by atoms with Crippen LogP contribution in [0.25, 0.3) is 0 Å². The molecule has 1 fully saturated rings. The van der Waals surface area contributed by atoms with Crippen LogP contribution in [0.2, 0.25) is 0 Å². The Morgan fingerprint density at radius 2 is 2.50 bits per heavy atom. The van der Waals surface area contributed by atoms with Crippen molar-refractivity contribution in [3.8, 4) is 0 Å². The molecule has 1 unspecified atom stereocenters. The molecule has 0 bridgehead atoms. The molecule has 2 heterocycles. The quantitative estimate of drug-likeness (QED) is 0.797. The van der Waals surface area contributed by atoms with Gasteiger partial charge in [-0.15, -0.1) is 0 Å². The summed E-state index contributed by atoms with van der Waals surface area (Å²) in [5.74, 6) is 0.0346. The molecule has 20 heavy (non-hydrogen) atoms. The van der Waals surface area contributed by atoms with Crippen LogP contribution < -0.4 is 5.32 Å². The molecule has 1 N–H and O–H groups in total. The molecule has 110 valence electrons. The normalized spacial score (nSPS) is 18.8. The van der Waals surface area contributed by atoms with Crippen molar-refractivity contribution in [3.05, 3.63) is 30.1 Å². The number of amides is 1. The summed E-state index contributed by atoms with van der Waals surface area (Å²) in [5, 5.41) is 3.18. The van der Waals surface area contributed by atoms with E-state index in [1.54, 1.807) is 18.2 Å². The third kappa shape index (κ3) is 4.26. The summed E-state index contributed by atoms with van der Waals surface area (Å²) in [6.07, 6.45) is 1.73. The Morgan fingerprint density at radius 3 is 3.15 bits per heavy atom. The van der Waals surface area contributed by atoms with Gasteiger partial charge < -0.3 is 19.7 Å². The third-order valence-electron chi connectivity index (χ3n) is 3.18. The lowest BCUT2D eigenvalue weighted by Crippen LogP contribution is -2.53. The summed E-state index contributed by atoms with van der Waals surface area (Å²) in [6.45, 7) is 3.32. The molecule has 1 aliphatic rings. The van der Waals surface area contributed by atoms with E-state index in [0.717, 1.165) is 5.69 Å². The van der Waals surface area contributed by atoms with Crippen LogP contribution in [0.15, 0.2) is 24.4 Å². The zero-order valence-corrected chi connectivity index (χ0v) is 11.7. The van der Waals surface area contributed by atoms with Crippen molar-refractivity contribution in [1.29, 1.82) is 0 Å². The van der Waals surface area contributed by atoms with E-state index in [1.165, 1.54) is 0 Å². The maximum Gasteiger partial charge on any atom is 0.242 e. The number of hydrogen-bond acceptors (Lipinski definition) is 5. The first-order valence-electron chi connectivity index (χ1n) is 6.80. The number of methoxy groups -OCH3 is 1. The summed E-state index contributed by atoms with van der Waals surface area (Å²) in [5.41, 5.74) is 0.869. The zero-order chi connectivity index (χ0) is 14.2. The van der Waals surface area contributed by atoms with Gasteiger partial charge in [0.15, 0.2) is 0 Å². The van der Waals surface area contributed by atoms with Crippen LogP contribution in [0.1, 0.15) is 5.69 Å². The van der Waals surface area contributed by atoms with Crippen LogP contribution >= 0.6 is 0 Å². The van der Waals surface area contributed by atoms with E-state index < -0.39 is 0 Å². The molecule has 1 aromatic rings. The van der Waals surface area contributed by atoms with Gasteiger partial charge in [0.25, 0.3) is 0 Å². The van der Waals surface area contributed by atoms with Crippen molar-refractivity contribution in [3.63, 3.8) is 0 Å². The van der Waals surface area contributed by atoms with Crippen molar-refractivity contribution in [1.82, 2.24) is 15.2 Å². The number of nitrogens with one attached hydrogen (secondary N) is 1. The van der Waals surface area contributed by atoms with Gasteiger partial charge in [0.2, 0.25) is 5.91 Å². The van der Waals surface area contributed by atoms with Gasteiger partial charge >= 0.3 is 0 Å². The molecule has 0 spiro atoms. The fraction of sp³-hybridized carbons (Fsp3) is 0.571. The van der Waals surface area contributed by atoms with E-state index in [4.69, 9.17) is 9.47 Å². The maximum absolute atomic E-state index is 12.5. The second kappa shape index (κ2) is 7.94. The van der Waals surface area contributed by atoms with Crippen molar-refractivity contribution in [2.45, 2.75) is 12.6 Å². The molecule has 1 amide bonds. The Kier molecular flexibility index (Phi) is 5.91. The van der Waals surface area contributed by atoms with Gasteiger partial charge in [-0.3, -0.25) is 9.78 Å². The van der Waals surface area contributed by atoms with Crippen molar-refractivity contribution in [2.24, 2.45) is 0 Å². The highest BCUT2D eigenvalue weighted by Gasteiger charge is 2.26. The highest BCUT2D eigenvalue weighted by Crippen LogP contribution is 2.06. The lowest BCUT2D eigenvalue weighted by atomic mass is 10.2. The topological polar surface area (TPSA) is 63.7 Å². The van der Waals surface area contributed by atoms with Gasteiger partial charge in [-0.2, -0.15) is 0 Å². The number of hydrogen-bond donors (Lipinski definition) is 1. The standard InChI is InChI=1S/C14H21N3O3/c1-19-9-7-17(10-12-4-2-3-5-15-12)14(18)13-11-20-8-6-16-13/h2-5,13,16H,6-11H2,1H3. The largest absolute Gasteiger partial charge is 0.383 e. The molecule has 1 aromatic heterocycles. The van der Waals surface area contributed by atoms with Gasteiger partial charge in [0.1, 0.15) is 6.04 Å². The van der Waals surface area contributed by atoms with Crippen LogP contribution in [0.5, 0.6) is 0 Å². The van der Waals surface area contributed by atoms with E-state index in [2.05, 4.69) is 10.3 Å². The summed E-state index contributed by atoms with van der Waals surface area (Å²) in [6, 6.07) is 5.42. The minimum atomic E-state index is -0.274. The van der Waals surface area contributed by atoms with Crippen LogP contribution in [-0.2, 0) is 20.8 Å². The molecular weight excluding hydrogens is 258 g/mol. The summed E-state index contributed by atoms with van der Waals surface area (Å²) >= 11 is 0. The zero-order valence-electron chi connectivity index (χ0n) is 11.7. The van der Waals surface area contributed by atoms with E-state index >= 15 is 0 Å². The van der Waals surface area contributed by atoms with E-state index in [0.29, 0.717) is 39.5 Å². The molecule has 6 nitrogen and oxygen atoms in total. The number of aromatic nitrogens is 1. The number of nitrogens with zero attached hydrogens (tertiary/aromatic N) is 2. The fourth-order valence-corrected chi connectivity index (χ4v) is 2.10. The van der Waals surface area contributed by atoms with Crippen LogP contribution in [0.4, 0.5) is 0 Å². The maximum atomic E-state index is 12.5.